The SMILES string of the molecule is CC1CC(C(=O)N(C)C2CCCC2)CCC1N. The Morgan fingerprint density at radius 3 is 2.41 bits per heavy atom. The van der Waals surface area contributed by atoms with E-state index in [0.717, 1.165) is 19.3 Å². The van der Waals surface area contributed by atoms with Crippen LogP contribution in [0.4, 0.5) is 0 Å². The predicted molar refractivity (Wildman–Crippen MR) is 69.5 cm³/mol. The van der Waals surface area contributed by atoms with Gasteiger partial charge in [-0.05, 0) is 38.0 Å². The van der Waals surface area contributed by atoms with Gasteiger partial charge in [-0.2, -0.15) is 0 Å². The van der Waals surface area contributed by atoms with Crippen LogP contribution in [0.1, 0.15) is 51.9 Å². The summed E-state index contributed by atoms with van der Waals surface area (Å²) < 4.78 is 0. The lowest BCUT2D eigenvalue weighted by Crippen LogP contribution is -2.44. The van der Waals surface area contributed by atoms with Crippen molar-refractivity contribution < 1.29 is 4.79 Å². The van der Waals surface area contributed by atoms with Crippen molar-refractivity contribution >= 4 is 5.91 Å². The summed E-state index contributed by atoms with van der Waals surface area (Å²) in [6.07, 6.45) is 7.95. The van der Waals surface area contributed by atoms with Crippen molar-refractivity contribution in [2.45, 2.75) is 64.0 Å². The van der Waals surface area contributed by atoms with Crippen molar-refractivity contribution in [1.82, 2.24) is 4.90 Å². The second-order valence-corrected chi connectivity index (χ2v) is 6.04. The van der Waals surface area contributed by atoms with Crippen molar-refractivity contribution in [3.8, 4) is 0 Å². The molecule has 0 radical (unpaired) electrons. The monoisotopic (exact) mass is 238 g/mol. The minimum absolute atomic E-state index is 0.232. The summed E-state index contributed by atoms with van der Waals surface area (Å²) in [6.45, 7) is 2.18. The van der Waals surface area contributed by atoms with Gasteiger partial charge < -0.3 is 10.6 Å². The summed E-state index contributed by atoms with van der Waals surface area (Å²) in [5.74, 6) is 1.10. The zero-order chi connectivity index (χ0) is 12.4. The van der Waals surface area contributed by atoms with Gasteiger partial charge in [0.05, 0.1) is 0 Å². The van der Waals surface area contributed by atoms with E-state index >= 15 is 0 Å². The van der Waals surface area contributed by atoms with Gasteiger partial charge in [0.1, 0.15) is 0 Å². The van der Waals surface area contributed by atoms with Gasteiger partial charge in [0.25, 0.3) is 0 Å². The van der Waals surface area contributed by atoms with Crippen LogP contribution in [0.5, 0.6) is 0 Å². The maximum Gasteiger partial charge on any atom is 0.225 e. The van der Waals surface area contributed by atoms with Crippen LogP contribution in [-0.4, -0.2) is 29.9 Å². The molecule has 2 saturated carbocycles. The minimum atomic E-state index is 0.232. The van der Waals surface area contributed by atoms with Gasteiger partial charge in [-0.15, -0.1) is 0 Å². The van der Waals surface area contributed by atoms with E-state index in [1.54, 1.807) is 0 Å². The predicted octanol–water partition coefficient (Wildman–Crippen LogP) is 2.15. The Balaban J connectivity index is 1.90. The summed E-state index contributed by atoms with van der Waals surface area (Å²) >= 11 is 0. The number of hydrogen-bond acceptors (Lipinski definition) is 2. The molecule has 0 bridgehead atoms. The second-order valence-electron chi connectivity index (χ2n) is 6.04. The average Bonchev–Trinajstić information content (AvgIpc) is 2.84. The summed E-state index contributed by atoms with van der Waals surface area (Å²) in [6, 6.07) is 0.809. The summed E-state index contributed by atoms with van der Waals surface area (Å²) in [7, 11) is 2.00. The highest BCUT2D eigenvalue weighted by atomic mass is 16.2. The zero-order valence-corrected chi connectivity index (χ0v) is 11.2. The summed E-state index contributed by atoms with van der Waals surface area (Å²) in [5.41, 5.74) is 6.01. The van der Waals surface area contributed by atoms with Crippen LogP contribution in [0.15, 0.2) is 0 Å². The lowest BCUT2D eigenvalue weighted by Gasteiger charge is -2.35. The largest absolute Gasteiger partial charge is 0.343 e. The molecule has 17 heavy (non-hydrogen) atoms. The molecule has 0 heterocycles. The van der Waals surface area contributed by atoms with Gasteiger partial charge in [0.2, 0.25) is 5.91 Å². The third-order valence-electron chi connectivity index (χ3n) is 4.80. The van der Waals surface area contributed by atoms with E-state index in [4.69, 9.17) is 5.73 Å². The molecule has 0 aliphatic heterocycles. The molecule has 2 aliphatic rings. The highest BCUT2D eigenvalue weighted by molar-refractivity contribution is 5.79. The van der Waals surface area contributed by atoms with Gasteiger partial charge in [0.15, 0.2) is 0 Å². The summed E-state index contributed by atoms with van der Waals surface area (Å²) in [5, 5.41) is 0. The fourth-order valence-electron chi connectivity index (χ4n) is 3.40. The highest BCUT2D eigenvalue weighted by Crippen LogP contribution is 2.31. The van der Waals surface area contributed by atoms with Crippen LogP contribution < -0.4 is 5.73 Å². The Morgan fingerprint density at radius 1 is 1.18 bits per heavy atom. The van der Waals surface area contributed by atoms with E-state index in [-0.39, 0.29) is 5.92 Å². The standard InChI is InChI=1S/C14H26N2O/c1-10-9-11(7-8-13(10)15)14(17)16(2)12-5-3-4-6-12/h10-13H,3-9,15H2,1-2H3. The molecule has 0 saturated heterocycles. The van der Waals surface area contributed by atoms with Gasteiger partial charge in [-0.25, -0.2) is 0 Å². The maximum atomic E-state index is 12.4. The average molecular weight is 238 g/mol. The van der Waals surface area contributed by atoms with Crippen molar-refractivity contribution in [3.63, 3.8) is 0 Å². The Morgan fingerprint density at radius 2 is 1.82 bits per heavy atom. The first-order chi connectivity index (χ1) is 8.09. The number of carbonyl (C=O) groups is 1. The molecule has 3 atom stereocenters. The number of nitrogens with zero attached hydrogens (tertiary/aromatic N) is 1. The normalized spacial score (nSPS) is 34.9. The van der Waals surface area contributed by atoms with Gasteiger partial charge >= 0.3 is 0 Å². The molecule has 1 amide bonds. The lowest BCUT2D eigenvalue weighted by atomic mass is 9.78. The Bertz CT molecular complexity index is 273. The van der Waals surface area contributed by atoms with Crippen LogP contribution in [-0.2, 0) is 4.79 Å². The maximum absolute atomic E-state index is 12.4. The zero-order valence-electron chi connectivity index (χ0n) is 11.2. The van der Waals surface area contributed by atoms with Crippen LogP contribution in [0.25, 0.3) is 0 Å². The fourth-order valence-corrected chi connectivity index (χ4v) is 3.40. The number of carbonyl (C=O) groups excluding carboxylic acids is 1. The molecule has 2 rings (SSSR count). The van der Waals surface area contributed by atoms with Crippen molar-refractivity contribution in [2.24, 2.45) is 17.6 Å². The van der Waals surface area contributed by atoms with Crippen LogP contribution >= 0.6 is 0 Å². The molecule has 3 unspecified atom stereocenters. The van der Waals surface area contributed by atoms with Crippen molar-refractivity contribution in [2.75, 3.05) is 7.05 Å². The van der Waals surface area contributed by atoms with Gasteiger partial charge in [-0.1, -0.05) is 19.8 Å². The molecule has 0 aromatic carbocycles. The number of nitrogens with two attached hydrogens (primary N) is 1. The van der Waals surface area contributed by atoms with Gasteiger partial charge in [-0.3, -0.25) is 4.79 Å². The molecule has 3 heteroatoms. The minimum Gasteiger partial charge on any atom is -0.343 e. The van der Waals surface area contributed by atoms with Crippen LogP contribution in [0.3, 0.4) is 0 Å². The number of rotatable bonds is 2. The second kappa shape index (κ2) is 5.38. The third kappa shape index (κ3) is 2.82. The first-order valence-electron chi connectivity index (χ1n) is 7.12. The van der Waals surface area contributed by atoms with E-state index in [1.165, 1.54) is 25.7 Å². The van der Waals surface area contributed by atoms with Crippen molar-refractivity contribution in [3.05, 3.63) is 0 Å². The summed E-state index contributed by atoms with van der Waals surface area (Å²) in [4.78, 5) is 14.5. The van der Waals surface area contributed by atoms with Gasteiger partial charge in [0, 0.05) is 25.0 Å². The van der Waals surface area contributed by atoms with Crippen molar-refractivity contribution in [1.29, 1.82) is 0 Å². The number of hydrogen-bond donors (Lipinski definition) is 1. The topological polar surface area (TPSA) is 46.3 Å². The molecular formula is C14H26N2O. The van der Waals surface area contributed by atoms with E-state index < -0.39 is 0 Å². The molecule has 0 spiro atoms. The third-order valence-corrected chi connectivity index (χ3v) is 4.80. The molecule has 2 aliphatic carbocycles. The quantitative estimate of drug-likeness (QED) is 0.801. The fraction of sp³-hybridized carbons (Fsp3) is 0.929. The highest BCUT2D eigenvalue weighted by Gasteiger charge is 2.33. The Hall–Kier alpha value is -0.570. The Kier molecular flexibility index (Phi) is 4.08. The van der Waals surface area contributed by atoms with Crippen LogP contribution in [0, 0.1) is 11.8 Å². The van der Waals surface area contributed by atoms with E-state index in [1.807, 2.05) is 11.9 Å². The molecular weight excluding hydrogens is 212 g/mol. The van der Waals surface area contributed by atoms with E-state index in [0.29, 0.717) is 23.9 Å². The first-order valence-corrected chi connectivity index (χ1v) is 7.12. The molecule has 0 aromatic heterocycles. The molecule has 3 nitrogen and oxygen atoms in total. The lowest BCUT2D eigenvalue weighted by molar-refractivity contribution is -0.137. The number of amides is 1. The molecule has 98 valence electrons. The molecule has 2 N–H and O–H groups in total. The smallest absolute Gasteiger partial charge is 0.225 e. The molecule has 2 fully saturated rings. The first kappa shape index (κ1) is 12.9. The van der Waals surface area contributed by atoms with E-state index in [9.17, 15) is 4.79 Å². The Labute approximate surface area is 105 Å². The van der Waals surface area contributed by atoms with Crippen LogP contribution in [0.2, 0.25) is 0 Å². The molecule has 0 aromatic rings. The van der Waals surface area contributed by atoms with E-state index in [2.05, 4.69) is 6.92 Å².